The van der Waals surface area contributed by atoms with Crippen LogP contribution in [0.25, 0.3) is 0 Å². The zero-order valence-electron chi connectivity index (χ0n) is 18.3. The highest BCUT2D eigenvalue weighted by atomic mass is 32.2. The van der Waals surface area contributed by atoms with Gasteiger partial charge in [-0.15, -0.1) is 16.8 Å². The van der Waals surface area contributed by atoms with E-state index < -0.39 is 0 Å². The highest BCUT2D eigenvalue weighted by Gasteiger charge is 2.51. The van der Waals surface area contributed by atoms with Gasteiger partial charge in [0, 0.05) is 18.7 Å². The van der Waals surface area contributed by atoms with Crippen molar-refractivity contribution in [3.63, 3.8) is 0 Å². The predicted octanol–water partition coefficient (Wildman–Crippen LogP) is 5.26. The molecule has 0 aliphatic heterocycles. The quantitative estimate of drug-likeness (QED) is 0.453. The van der Waals surface area contributed by atoms with Crippen LogP contribution in [-0.2, 0) is 17.8 Å². The van der Waals surface area contributed by atoms with Gasteiger partial charge in [-0.1, -0.05) is 35.5 Å². The van der Waals surface area contributed by atoms with Gasteiger partial charge in [0.25, 0.3) is 0 Å². The monoisotopic (exact) mass is 436 g/mol. The lowest BCUT2D eigenvalue weighted by Crippen LogP contribution is -2.47. The van der Waals surface area contributed by atoms with E-state index in [4.69, 9.17) is 0 Å². The first-order valence-corrected chi connectivity index (χ1v) is 12.5. The van der Waals surface area contributed by atoms with Crippen molar-refractivity contribution >= 4 is 23.4 Å². The van der Waals surface area contributed by atoms with Crippen LogP contribution in [0.3, 0.4) is 0 Å². The summed E-state index contributed by atoms with van der Waals surface area (Å²) in [7, 11) is 0. The summed E-state index contributed by atoms with van der Waals surface area (Å²) in [5.74, 6) is 4.16. The van der Waals surface area contributed by atoms with Crippen LogP contribution >= 0.6 is 11.8 Å². The molecule has 0 spiro atoms. The van der Waals surface area contributed by atoms with Crippen molar-refractivity contribution in [1.29, 1.82) is 0 Å². The number of allylic oxidation sites excluding steroid dienone is 1. The molecule has 1 aromatic carbocycles. The highest BCUT2D eigenvalue weighted by Crippen LogP contribution is 2.61. The first-order chi connectivity index (χ1) is 15.0. The average molecular weight is 437 g/mol. The Balaban J connectivity index is 1.25. The van der Waals surface area contributed by atoms with Crippen LogP contribution in [0.4, 0.5) is 5.69 Å². The highest BCUT2D eigenvalue weighted by molar-refractivity contribution is 7.99. The van der Waals surface area contributed by atoms with Crippen LogP contribution < -0.4 is 5.32 Å². The van der Waals surface area contributed by atoms with E-state index in [1.165, 1.54) is 55.9 Å². The van der Waals surface area contributed by atoms with Crippen LogP contribution in [0.5, 0.6) is 0 Å². The molecular weight excluding hydrogens is 404 g/mol. The Labute approximate surface area is 189 Å². The second-order valence-corrected chi connectivity index (χ2v) is 11.0. The van der Waals surface area contributed by atoms with E-state index in [1.54, 1.807) is 0 Å². The number of rotatable bonds is 8. The summed E-state index contributed by atoms with van der Waals surface area (Å²) in [5, 5.41) is 12.8. The van der Waals surface area contributed by atoms with E-state index in [0.717, 1.165) is 40.8 Å². The lowest BCUT2D eigenvalue weighted by molar-refractivity contribution is -0.113. The number of anilines is 1. The number of carbonyl (C=O) groups excluding carboxylic acids is 1. The molecule has 6 rings (SSSR count). The largest absolute Gasteiger partial charge is 0.325 e. The Morgan fingerprint density at radius 2 is 1.81 bits per heavy atom. The van der Waals surface area contributed by atoms with Gasteiger partial charge in [-0.2, -0.15) is 0 Å². The molecule has 1 heterocycles. The van der Waals surface area contributed by atoms with Gasteiger partial charge >= 0.3 is 0 Å². The SMILES string of the molecule is C=CCn1c(CC23CC4CC(CC(C4)C2)C3)nnc1SCC(=O)Nc1ccc(C)cc1. The van der Waals surface area contributed by atoms with Crippen molar-refractivity contribution < 1.29 is 4.79 Å². The molecule has 2 aromatic rings. The summed E-state index contributed by atoms with van der Waals surface area (Å²) >= 11 is 1.46. The fourth-order valence-electron chi connectivity index (χ4n) is 6.67. The van der Waals surface area contributed by atoms with Crippen molar-refractivity contribution in [3.05, 3.63) is 48.3 Å². The fourth-order valence-corrected chi connectivity index (χ4v) is 7.44. The number of benzene rings is 1. The molecule has 0 unspecified atom stereocenters. The van der Waals surface area contributed by atoms with Crippen LogP contribution in [0.15, 0.2) is 42.1 Å². The summed E-state index contributed by atoms with van der Waals surface area (Å²) in [5.41, 5.74) is 2.42. The van der Waals surface area contributed by atoms with Crippen molar-refractivity contribution in [1.82, 2.24) is 14.8 Å². The second-order valence-electron chi connectivity index (χ2n) is 10.1. The molecule has 31 heavy (non-hydrogen) atoms. The van der Waals surface area contributed by atoms with E-state index in [1.807, 2.05) is 37.3 Å². The van der Waals surface area contributed by atoms with Crippen molar-refractivity contribution in [3.8, 4) is 0 Å². The van der Waals surface area contributed by atoms with Crippen molar-refractivity contribution in [2.24, 2.45) is 23.2 Å². The molecule has 4 fully saturated rings. The molecular formula is C25H32N4OS. The Morgan fingerprint density at radius 3 is 2.42 bits per heavy atom. The van der Waals surface area contributed by atoms with Gasteiger partial charge in [0.05, 0.1) is 5.75 Å². The fraction of sp³-hybridized carbons (Fsp3) is 0.560. The van der Waals surface area contributed by atoms with Crippen LogP contribution in [0.2, 0.25) is 0 Å². The van der Waals surface area contributed by atoms with E-state index in [9.17, 15) is 4.79 Å². The van der Waals surface area contributed by atoms with E-state index in [2.05, 4.69) is 26.7 Å². The predicted molar refractivity (Wildman–Crippen MR) is 125 cm³/mol. The topological polar surface area (TPSA) is 59.8 Å². The minimum Gasteiger partial charge on any atom is -0.325 e. The molecule has 1 amide bonds. The molecule has 4 aliphatic carbocycles. The Hall–Kier alpha value is -2.08. The smallest absolute Gasteiger partial charge is 0.234 e. The van der Waals surface area contributed by atoms with E-state index in [-0.39, 0.29) is 5.91 Å². The van der Waals surface area contributed by atoms with Crippen molar-refractivity contribution in [2.45, 2.75) is 63.6 Å². The number of nitrogens with zero attached hydrogens (tertiary/aromatic N) is 3. The number of aromatic nitrogens is 3. The molecule has 1 aromatic heterocycles. The lowest BCUT2D eigenvalue weighted by atomic mass is 9.49. The van der Waals surface area contributed by atoms with Gasteiger partial charge in [-0.05, 0) is 80.8 Å². The normalized spacial score (nSPS) is 28.6. The number of amides is 1. The lowest BCUT2D eigenvalue weighted by Gasteiger charge is -2.56. The molecule has 4 aliphatic rings. The molecule has 5 nitrogen and oxygen atoms in total. The zero-order chi connectivity index (χ0) is 21.4. The molecule has 6 heteroatoms. The standard InChI is InChI=1S/C25H32N4OS/c1-3-8-29-22(15-25-12-18-9-19(13-25)11-20(10-18)14-25)27-28-24(29)31-16-23(30)26-21-6-4-17(2)5-7-21/h3-7,18-20H,1,8-16H2,2H3,(H,26,30). The maximum absolute atomic E-state index is 12.4. The number of carbonyl (C=O) groups is 1. The summed E-state index contributed by atoms with van der Waals surface area (Å²) in [6, 6.07) is 7.86. The first-order valence-electron chi connectivity index (χ1n) is 11.5. The molecule has 1 N–H and O–H groups in total. The third-order valence-corrected chi connectivity index (χ3v) is 8.44. The Bertz CT molecular complexity index is 929. The molecule has 0 saturated heterocycles. The number of aryl methyl sites for hydroxylation is 1. The van der Waals surface area contributed by atoms with Crippen molar-refractivity contribution in [2.75, 3.05) is 11.1 Å². The molecule has 4 bridgehead atoms. The van der Waals surface area contributed by atoms with Gasteiger partial charge in [0.2, 0.25) is 5.91 Å². The Kier molecular flexibility index (Phi) is 5.67. The van der Waals surface area contributed by atoms with Gasteiger partial charge in [0.15, 0.2) is 5.16 Å². The second kappa shape index (κ2) is 8.45. The van der Waals surface area contributed by atoms with Gasteiger partial charge in [-0.3, -0.25) is 4.79 Å². The number of nitrogens with one attached hydrogen (secondary N) is 1. The number of hydrogen-bond acceptors (Lipinski definition) is 4. The number of hydrogen-bond donors (Lipinski definition) is 1. The van der Waals surface area contributed by atoms with Crippen LogP contribution in [0.1, 0.15) is 49.9 Å². The summed E-state index contributed by atoms with van der Waals surface area (Å²) < 4.78 is 2.18. The van der Waals surface area contributed by atoms with E-state index in [0.29, 0.717) is 17.7 Å². The average Bonchev–Trinajstić information content (AvgIpc) is 3.08. The molecule has 0 atom stereocenters. The van der Waals surface area contributed by atoms with Crippen LogP contribution in [-0.4, -0.2) is 26.4 Å². The maximum atomic E-state index is 12.4. The minimum absolute atomic E-state index is 0.0235. The number of thioether (sulfide) groups is 1. The maximum Gasteiger partial charge on any atom is 0.234 e. The summed E-state index contributed by atoms with van der Waals surface area (Å²) in [6.45, 7) is 6.67. The first kappa shape index (κ1) is 20.8. The summed E-state index contributed by atoms with van der Waals surface area (Å²) in [4.78, 5) is 12.4. The Morgan fingerprint density at radius 1 is 1.16 bits per heavy atom. The summed E-state index contributed by atoms with van der Waals surface area (Å²) in [6.07, 6.45) is 11.4. The minimum atomic E-state index is -0.0235. The third-order valence-electron chi connectivity index (χ3n) is 7.47. The third kappa shape index (κ3) is 4.45. The van der Waals surface area contributed by atoms with E-state index >= 15 is 0 Å². The van der Waals surface area contributed by atoms with Crippen LogP contribution in [0, 0.1) is 30.1 Å². The van der Waals surface area contributed by atoms with Gasteiger partial charge in [-0.25, -0.2) is 0 Å². The van der Waals surface area contributed by atoms with Gasteiger partial charge < -0.3 is 9.88 Å². The molecule has 164 valence electrons. The van der Waals surface area contributed by atoms with Gasteiger partial charge in [0.1, 0.15) is 5.82 Å². The molecule has 0 radical (unpaired) electrons. The zero-order valence-corrected chi connectivity index (χ0v) is 19.2. The molecule has 4 saturated carbocycles.